The third-order valence-electron chi connectivity index (χ3n) is 4.28. The fourth-order valence-electron chi connectivity index (χ4n) is 3.02. The van der Waals surface area contributed by atoms with Crippen LogP contribution in [0.3, 0.4) is 0 Å². The predicted octanol–water partition coefficient (Wildman–Crippen LogP) is 3.60. The Labute approximate surface area is 148 Å². The number of hydrogen-bond acceptors (Lipinski definition) is 5. The van der Waals surface area contributed by atoms with E-state index in [-0.39, 0.29) is 5.56 Å². The van der Waals surface area contributed by atoms with Gasteiger partial charge in [0.15, 0.2) is 0 Å². The van der Waals surface area contributed by atoms with Crippen LogP contribution in [0, 0.1) is 0 Å². The quantitative estimate of drug-likeness (QED) is 0.775. The first kappa shape index (κ1) is 18.2. The van der Waals surface area contributed by atoms with Gasteiger partial charge in [-0.25, -0.2) is 14.8 Å². The number of halogens is 3. The van der Waals surface area contributed by atoms with E-state index in [1.165, 1.54) is 18.2 Å². The van der Waals surface area contributed by atoms with Gasteiger partial charge in [-0.1, -0.05) is 18.2 Å². The number of ether oxygens (including phenoxy) is 1. The summed E-state index contributed by atoms with van der Waals surface area (Å²) in [5, 5.41) is 0. The first-order valence-corrected chi connectivity index (χ1v) is 8.32. The predicted molar refractivity (Wildman–Crippen MR) is 88.3 cm³/mol. The Morgan fingerprint density at radius 1 is 1.15 bits per heavy atom. The zero-order valence-electron chi connectivity index (χ0n) is 13.9. The lowest BCUT2D eigenvalue weighted by Crippen LogP contribution is -2.46. The van der Waals surface area contributed by atoms with Gasteiger partial charge in [-0.05, 0) is 31.4 Å². The lowest BCUT2D eigenvalue weighted by Gasteiger charge is -2.33. The zero-order valence-corrected chi connectivity index (χ0v) is 13.9. The standard InChI is InChI=1S/C18H18F3N3O2/c19-18(20,21)14-7-2-1-6-13(14)12-26-16(25)15-8-3-4-11-24(15)17-22-9-5-10-23-17/h1-2,5-7,9-10,15H,3-4,8,11-12H2. The van der Waals surface area contributed by atoms with E-state index < -0.39 is 30.4 Å². The van der Waals surface area contributed by atoms with Crippen molar-refractivity contribution >= 4 is 11.9 Å². The van der Waals surface area contributed by atoms with Gasteiger partial charge in [-0.2, -0.15) is 13.2 Å². The van der Waals surface area contributed by atoms with Crippen molar-refractivity contribution in [3.63, 3.8) is 0 Å². The molecule has 1 fully saturated rings. The molecule has 0 radical (unpaired) electrons. The molecule has 0 amide bonds. The zero-order chi connectivity index (χ0) is 18.6. The molecule has 1 aliphatic rings. The highest BCUT2D eigenvalue weighted by molar-refractivity contribution is 5.79. The summed E-state index contributed by atoms with van der Waals surface area (Å²) in [4.78, 5) is 22.6. The number of nitrogens with zero attached hydrogens (tertiary/aromatic N) is 3. The molecule has 26 heavy (non-hydrogen) atoms. The van der Waals surface area contributed by atoms with Crippen molar-refractivity contribution in [2.75, 3.05) is 11.4 Å². The lowest BCUT2D eigenvalue weighted by atomic mass is 10.0. The highest BCUT2D eigenvalue weighted by Crippen LogP contribution is 2.32. The summed E-state index contributed by atoms with van der Waals surface area (Å²) in [5.41, 5.74) is -0.855. The minimum atomic E-state index is -4.49. The maximum atomic E-state index is 13.0. The molecule has 2 heterocycles. The van der Waals surface area contributed by atoms with Crippen LogP contribution in [0.15, 0.2) is 42.7 Å². The van der Waals surface area contributed by atoms with Crippen LogP contribution in [0.1, 0.15) is 30.4 Å². The molecular weight excluding hydrogens is 347 g/mol. The van der Waals surface area contributed by atoms with E-state index in [4.69, 9.17) is 4.74 Å². The Hall–Kier alpha value is -2.64. The second kappa shape index (κ2) is 7.72. The van der Waals surface area contributed by atoms with Gasteiger partial charge in [0, 0.05) is 24.5 Å². The Morgan fingerprint density at radius 3 is 2.62 bits per heavy atom. The minimum absolute atomic E-state index is 0.0633. The normalized spacial score (nSPS) is 17.8. The second-order valence-corrected chi connectivity index (χ2v) is 6.02. The summed E-state index contributed by atoms with van der Waals surface area (Å²) in [7, 11) is 0. The first-order valence-electron chi connectivity index (χ1n) is 8.32. The number of rotatable bonds is 4. The molecule has 8 heteroatoms. The summed E-state index contributed by atoms with van der Waals surface area (Å²) < 4.78 is 44.4. The van der Waals surface area contributed by atoms with Crippen LogP contribution in [-0.4, -0.2) is 28.5 Å². The van der Waals surface area contributed by atoms with Gasteiger partial charge < -0.3 is 9.64 Å². The maximum Gasteiger partial charge on any atom is 0.416 e. The molecule has 1 saturated heterocycles. The monoisotopic (exact) mass is 365 g/mol. The number of hydrogen-bond donors (Lipinski definition) is 0. The van der Waals surface area contributed by atoms with E-state index in [1.807, 2.05) is 0 Å². The molecule has 1 aromatic heterocycles. The average molecular weight is 365 g/mol. The van der Waals surface area contributed by atoms with E-state index in [9.17, 15) is 18.0 Å². The molecule has 1 aromatic carbocycles. The van der Waals surface area contributed by atoms with Crippen molar-refractivity contribution in [2.24, 2.45) is 0 Å². The number of aromatic nitrogens is 2. The van der Waals surface area contributed by atoms with Gasteiger partial charge in [0.25, 0.3) is 0 Å². The SMILES string of the molecule is O=C(OCc1ccccc1C(F)(F)F)C1CCCCN1c1ncccn1. The van der Waals surface area contributed by atoms with Gasteiger partial charge in [0.1, 0.15) is 12.6 Å². The molecule has 0 bridgehead atoms. The molecular formula is C18H18F3N3O2. The molecule has 1 atom stereocenters. The molecule has 0 spiro atoms. The van der Waals surface area contributed by atoms with Crippen LogP contribution >= 0.6 is 0 Å². The summed E-state index contributed by atoms with van der Waals surface area (Å²) in [6, 6.07) is 6.18. The van der Waals surface area contributed by atoms with Gasteiger partial charge in [0.2, 0.25) is 5.95 Å². The number of esters is 1. The summed E-state index contributed by atoms with van der Waals surface area (Å²) in [6.07, 6.45) is 0.953. The molecule has 1 aliphatic heterocycles. The van der Waals surface area contributed by atoms with Crippen molar-refractivity contribution in [2.45, 2.75) is 38.1 Å². The molecule has 1 unspecified atom stereocenters. The highest BCUT2D eigenvalue weighted by atomic mass is 19.4. The fourth-order valence-corrected chi connectivity index (χ4v) is 3.02. The Morgan fingerprint density at radius 2 is 1.88 bits per heavy atom. The van der Waals surface area contributed by atoms with E-state index in [0.29, 0.717) is 18.9 Å². The van der Waals surface area contributed by atoms with Crippen LogP contribution in [0.2, 0.25) is 0 Å². The van der Waals surface area contributed by atoms with Gasteiger partial charge in [-0.3, -0.25) is 0 Å². The van der Waals surface area contributed by atoms with Crippen LogP contribution in [0.5, 0.6) is 0 Å². The van der Waals surface area contributed by atoms with Gasteiger partial charge >= 0.3 is 12.1 Å². The smallest absolute Gasteiger partial charge is 0.416 e. The van der Waals surface area contributed by atoms with Crippen molar-refractivity contribution < 1.29 is 22.7 Å². The fraction of sp³-hybridized carbons (Fsp3) is 0.389. The number of alkyl halides is 3. The van der Waals surface area contributed by atoms with Gasteiger partial charge in [0.05, 0.1) is 5.56 Å². The van der Waals surface area contributed by atoms with Crippen molar-refractivity contribution in [3.05, 3.63) is 53.9 Å². The third kappa shape index (κ3) is 4.12. The molecule has 0 saturated carbocycles. The van der Waals surface area contributed by atoms with E-state index in [0.717, 1.165) is 18.9 Å². The third-order valence-corrected chi connectivity index (χ3v) is 4.28. The summed E-state index contributed by atoms with van der Waals surface area (Å²) >= 11 is 0. The van der Waals surface area contributed by atoms with Crippen LogP contribution in [0.25, 0.3) is 0 Å². The maximum absolute atomic E-state index is 13.0. The van der Waals surface area contributed by atoms with E-state index in [2.05, 4.69) is 9.97 Å². The number of benzene rings is 1. The number of carbonyl (C=O) groups is 1. The molecule has 138 valence electrons. The van der Waals surface area contributed by atoms with E-state index in [1.54, 1.807) is 23.4 Å². The molecule has 0 N–H and O–H groups in total. The second-order valence-electron chi connectivity index (χ2n) is 6.02. The number of carbonyl (C=O) groups excluding carboxylic acids is 1. The summed E-state index contributed by atoms with van der Waals surface area (Å²) in [6.45, 7) is 0.178. The van der Waals surface area contributed by atoms with E-state index >= 15 is 0 Å². The summed E-state index contributed by atoms with van der Waals surface area (Å²) in [5.74, 6) is -0.140. The van der Waals surface area contributed by atoms with Crippen molar-refractivity contribution in [3.8, 4) is 0 Å². The topological polar surface area (TPSA) is 55.3 Å². The van der Waals surface area contributed by atoms with Crippen LogP contribution in [-0.2, 0) is 22.3 Å². The lowest BCUT2D eigenvalue weighted by molar-refractivity contribution is -0.149. The van der Waals surface area contributed by atoms with Crippen molar-refractivity contribution in [1.29, 1.82) is 0 Å². The molecule has 3 rings (SSSR count). The molecule has 0 aliphatic carbocycles. The van der Waals surface area contributed by atoms with Crippen LogP contribution < -0.4 is 4.90 Å². The Balaban J connectivity index is 1.71. The largest absolute Gasteiger partial charge is 0.459 e. The molecule has 5 nitrogen and oxygen atoms in total. The van der Waals surface area contributed by atoms with Crippen LogP contribution in [0.4, 0.5) is 19.1 Å². The minimum Gasteiger partial charge on any atom is -0.459 e. The highest BCUT2D eigenvalue weighted by Gasteiger charge is 2.34. The average Bonchev–Trinajstić information content (AvgIpc) is 2.66. The Bertz CT molecular complexity index is 753. The molecule has 2 aromatic rings. The van der Waals surface area contributed by atoms with Crippen molar-refractivity contribution in [1.82, 2.24) is 9.97 Å². The number of anilines is 1. The number of piperidine rings is 1. The Kier molecular flexibility index (Phi) is 5.39. The first-order chi connectivity index (χ1) is 12.5. The van der Waals surface area contributed by atoms with Gasteiger partial charge in [-0.15, -0.1) is 0 Å².